The highest BCUT2D eigenvalue weighted by Gasteiger charge is 2.26. The molecule has 5 rings (SSSR count). The van der Waals surface area contributed by atoms with E-state index in [1.165, 1.54) is 12.1 Å². The second-order valence-electron chi connectivity index (χ2n) is 8.95. The number of carbonyl (C=O) groups is 1. The number of fused-ring (bicyclic) bond motifs is 1. The third kappa shape index (κ3) is 5.54. The summed E-state index contributed by atoms with van der Waals surface area (Å²) in [6, 6.07) is 20.3. The van der Waals surface area contributed by atoms with Gasteiger partial charge in [-0.25, -0.2) is 20.2 Å². The smallest absolute Gasteiger partial charge is 0.267 e. The van der Waals surface area contributed by atoms with Gasteiger partial charge < -0.3 is 0 Å². The molecule has 5 aromatic rings. The molecule has 0 atom stereocenters. The molecule has 0 saturated heterocycles. The van der Waals surface area contributed by atoms with Crippen molar-refractivity contribution in [2.45, 2.75) is 20.0 Å². The Kier molecular flexibility index (Phi) is 7.81. The van der Waals surface area contributed by atoms with E-state index in [0.29, 0.717) is 44.3 Å². The lowest BCUT2D eigenvalue weighted by molar-refractivity contribution is 0.0988. The molecule has 0 saturated carbocycles. The zero-order chi connectivity index (χ0) is 28.4. The fraction of sp³-hybridized carbons (Fsp3) is 0.107. The van der Waals surface area contributed by atoms with Crippen LogP contribution in [0, 0.1) is 12.7 Å². The molecule has 200 valence electrons. The van der Waals surface area contributed by atoms with Gasteiger partial charge in [0, 0.05) is 25.4 Å². The van der Waals surface area contributed by atoms with E-state index in [1.54, 1.807) is 48.0 Å². The number of hydrogen-bond donors (Lipinski definition) is 1. The maximum absolute atomic E-state index is 14.0. The molecule has 0 aliphatic heterocycles. The van der Waals surface area contributed by atoms with Crippen molar-refractivity contribution in [3.05, 3.63) is 121 Å². The SMILES string of the molecule is Cc1nn(Cc2ccc(F)cc2)c(CN=[N+]=[N-])c1N(N)C(=O)c1cc(-c2ccc(Cl)cc2)nc2ccc(Br)cc12. The second-order valence-corrected chi connectivity index (χ2v) is 10.3. The van der Waals surface area contributed by atoms with Crippen LogP contribution >= 0.6 is 27.5 Å². The van der Waals surface area contributed by atoms with Crippen LogP contribution in [0.1, 0.15) is 27.3 Å². The van der Waals surface area contributed by atoms with Crippen LogP contribution in [0.25, 0.3) is 32.6 Å². The first-order chi connectivity index (χ1) is 19.2. The van der Waals surface area contributed by atoms with Gasteiger partial charge in [-0.2, -0.15) is 5.10 Å². The zero-order valence-corrected chi connectivity index (χ0v) is 23.4. The summed E-state index contributed by atoms with van der Waals surface area (Å²) in [7, 11) is 0. The summed E-state index contributed by atoms with van der Waals surface area (Å²) < 4.78 is 15.8. The average molecular weight is 620 g/mol. The molecule has 2 heterocycles. The van der Waals surface area contributed by atoms with E-state index in [0.717, 1.165) is 20.6 Å². The molecule has 9 nitrogen and oxygen atoms in total. The number of hydrogen-bond acceptors (Lipinski definition) is 5. The van der Waals surface area contributed by atoms with Crippen LogP contribution in [0.15, 0.2) is 82.4 Å². The van der Waals surface area contributed by atoms with Crippen molar-refractivity contribution < 1.29 is 9.18 Å². The average Bonchev–Trinajstić information content (AvgIpc) is 3.26. The molecule has 0 fully saturated rings. The van der Waals surface area contributed by atoms with E-state index >= 15 is 0 Å². The number of amides is 1. The standard InChI is InChI=1S/C28H21BrClFN8O/c1-16-27(26(14-34-37-32)38(36-16)15-17-2-9-21(31)10-3-17)39(33)28(40)23-13-25(18-4-7-20(30)8-5-18)35-24-11-6-19(29)12-22(23)24/h2-13H,14-15,33H2,1H3. The van der Waals surface area contributed by atoms with Gasteiger partial charge in [-0.15, -0.1) is 0 Å². The minimum Gasteiger partial charge on any atom is -0.267 e. The number of aromatic nitrogens is 3. The number of anilines is 1. The first kappa shape index (κ1) is 27.3. The number of aryl methyl sites for hydroxylation is 1. The van der Waals surface area contributed by atoms with Gasteiger partial charge in [0.2, 0.25) is 0 Å². The van der Waals surface area contributed by atoms with Crippen molar-refractivity contribution >= 4 is 50.0 Å². The number of carbonyl (C=O) groups excluding carboxylic acids is 1. The van der Waals surface area contributed by atoms with Crippen molar-refractivity contribution in [1.29, 1.82) is 0 Å². The molecule has 1 amide bonds. The number of nitrogens with two attached hydrogens (primary N) is 1. The highest BCUT2D eigenvalue weighted by molar-refractivity contribution is 9.10. The summed E-state index contributed by atoms with van der Waals surface area (Å²) in [5.41, 5.74) is 13.3. The first-order valence-corrected chi connectivity index (χ1v) is 13.2. The van der Waals surface area contributed by atoms with Crippen molar-refractivity contribution in [2.75, 3.05) is 5.01 Å². The van der Waals surface area contributed by atoms with E-state index in [-0.39, 0.29) is 18.9 Å². The van der Waals surface area contributed by atoms with Crippen LogP contribution in [-0.4, -0.2) is 20.7 Å². The number of halogens is 3. The maximum Gasteiger partial charge on any atom is 0.273 e. The van der Waals surface area contributed by atoms with Crippen LogP contribution in [0.3, 0.4) is 0 Å². The van der Waals surface area contributed by atoms with Crippen LogP contribution in [0.4, 0.5) is 10.1 Å². The molecule has 0 aliphatic rings. The zero-order valence-electron chi connectivity index (χ0n) is 21.1. The number of nitrogens with zero attached hydrogens (tertiary/aromatic N) is 7. The third-order valence-electron chi connectivity index (χ3n) is 6.33. The maximum atomic E-state index is 14.0. The van der Waals surface area contributed by atoms with E-state index in [2.05, 4.69) is 31.1 Å². The summed E-state index contributed by atoms with van der Waals surface area (Å²) in [6.07, 6.45) is 0. The van der Waals surface area contributed by atoms with E-state index in [4.69, 9.17) is 28.0 Å². The molecule has 40 heavy (non-hydrogen) atoms. The highest BCUT2D eigenvalue weighted by atomic mass is 79.9. The minimum absolute atomic E-state index is 0.104. The van der Waals surface area contributed by atoms with Gasteiger partial charge in [0.25, 0.3) is 5.91 Å². The molecule has 0 unspecified atom stereocenters. The van der Waals surface area contributed by atoms with Gasteiger partial charge in [-0.05, 0) is 66.5 Å². The molecule has 0 radical (unpaired) electrons. The number of pyridine rings is 1. The highest BCUT2D eigenvalue weighted by Crippen LogP contribution is 2.31. The fourth-order valence-electron chi connectivity index (χ4n) is 4.46. The predicted molar refractivity (Wildman–Crippen MR) is 156 cm³/mol. The summed E-state index contributed by atoms with van der Waals surface area (Å²) in [4.78, 5) is 21.7. The Morgan fingerprint density at radius 3 is 2.58 bits per heavy atom. The summed E-state index contributed by atoms with van der Waals surface area (Å²) >= 11 is 9.55. The Bertz CT molecular complexity index is 1780. The Balaban J connectivity index is 1.61. The Morgan fingerprint density at radius 2 is 1.88 bits per heavy atom. The monoisotopic (exact) mass is 618 g/mol. The number of rotatable bonds is 7. The molecular formula is C28H21BrClFN8O. The van der Waals surface area contributed by atoms with Crippen LogP contribution in [0.2, 0.25) is 5.02 Å². The van der Waals surface area contributed by atoms with Gasteiger partial charge >= 0.3 is 0 Å². The number of hydrazine groups is 1. The quantitative estimate of drug-likeness (QED) is 0.0511. The topological polar surface area (TPSA) is 126 Å². The Hall–Kier alpha value is -4.28. The summed E-state index contributed by atoms with van der Waals surface area (Å²) in [5.74, 6) is 5.64. The van der Waals surface area contributed by atoms with E-state index in [9.17, 15) is 9.18 Å². The van der Waals surface area contributed by atoms with Crippen LogP contribution < -0.4 is 10.9 Å². The van der Waals surface area contributed by atoms with Crippen LogP contribution in [-0.2, 0) is 13.1 Å². The van der Waals surface area contributed by atoms with Gasteiger partial charge in [0.15, 0.2) is 0 Å². The lowest BCUT2D eigenvalue weighted by Crippen LogP contribution is -2.38. The number of benzene rings is 3. The van der Waals surface area contributed by atoms with Crippen molar-refractivity contribution in [1.82, 2.24) is 14.8 Å². The Morgan fingerprint density at radius 1 is 1.15 bits per heavy atom. The number of azide groups is 1. The summed E-state index contributed by atoms with van der Waals surface area (Å²) in [6.45, 7) is 1.86. The molecule has 2 aromatic heterocycles. The fourth-order valence-corrected chi connectivity index (χ4v) is 4.94. The summed E-state index contributed by atoms with van der Waals surface area (Å²) in [5, 5.41) is 10.5. The van der Waals surface area contributed by atoms with Crippen molar-refractivity contribution in [2.24, 2.45) is 11.0 Å². The molecule has 3 aromatic carbocycles. The predicted octanol–water partition coefficient (Wildman–Crippen LogP) is 7.34. The minimum atomic E-state index is -0.507. The van der Waals surface area contributed by atoms with Gasteiger partial charge in [-0.3, -0.25) is 9.48 Å². The first-order valence-electron chi connectivity index (χ1n) is 12.0. The van der Waals surface area contributed by atoms with Gasteiger partial charge in [-0.1, -0.05) is 56.9 Å². The Labute approximate surface area is 241 Å². The van der Waals surface area contributed by atoms with Gasteiger partial charge in [0.05, 0.1) is 41.3 Å². The van der Waals surface area contributed by atoms with Crippen molar-refractivity contribution in [3.8, 4) is 11.3 Å². The van der Waals surface area contributed by atoms with Crippen molar-refractivity contribution in [3.63, 3.8) is 0 Å². The van der Waals surface area contributed by atoms with Gasteiger partial charge in [0.1, 0.15) is 11.5 Å². The molecule has 0 bridgehead atoms. The largest absolute Gasteiger partial charge is 0.273 e. The van der Waals surface area contributed by atoms with Crippen LogP contribution in [0.5, 0.6) is 0 Å². The second kappa shape index (κ2) is 11.4. The molecule has 0 aliphatic carbocycles. The molecule has 0 spiro atoms. The molecule has 12 heteroatoms. The molecule has 2 N–H and O–H groups in total. The normalized spacial score (nSPS) is 10.9. The van der Waals surface area contributed by atoms with E-state index < -0.39 is 5.91 Å². The lowest BCUT2D eigenvalue weighted by Gasteiger charge is -2.20. The van der Waals surface area contributed by atoms with E-state index in [1.807, 2.05) is 24.3 Å². The molecular weight excluding hydrogens is 599 g/mol. The lowest BCUT2D eigenvalue weighted by atomic mass is 10.0. The third-order valence-corrected chi connectivity index (χ3v) is 7.07.